The Bertz CT molecular complexity index is 173. The first-order valence-corrected chi connectivity index (χ1v) is 5.99. The van der Waals surface area contributed by atoms with Crippen LogP contribution in [0.25, 0.3) is 0 Å². The van der Waals surface area contributed by atoms with E-state index in [1.54, 1.807) is 0 Å². The van der Waals surface area contributed by atoms with Crippen LogP contribution in [0.4, 0.5) is 0 Å². The topological polar surface area (TPSA) is 29.1 Å². The Hall–Kier alpha value is -0.530. The van der Waals surface area contributed by atoms with Crippen molar-refractivity contribution in [1.29, 1.82) is 0 Å². The Morgan fingerprint density at radius 1 is 1.43 bits per heavy atom. The lowest BCUT2D eigenvalue weighted by Gasteiger charge is -2.12. The van der Waals surface area contributed by atoms with Crippen molar-refractivity contribution in [3.63, 3.8) is 0 Å². The highest BCUT2D eigenvalue weighted by molar-refractivity contribution is 5.76. The second-order valence-corrected chi connectivity index (χ2v) is 4.67. The van der Waals surface area contributed by atoms with Crippen molar-refractivity contribution in [1.82, 2.24) is 5.32 Å². The van der Waals surface area contributed by atoms with Gasteiger partial charge in [0.1, 0.15) is 0 Å². The smallest absolute Gasteiger partial charge is 0.220 e. The molecule has 2 heteroatoms. The SMILES string of the molecule is CCC(C)CNC(=O)CC1CCCC1. The maximum absolute atomic E-state index is 11.5. The summed E-state index contributed by atoms with van der Waals surface area (Å²) in [6, 6.07) is 0. The first-order chi connectivity index (χ1) is 6.72. The maximum Gasteiger partial charge on any atom is 0.220 e. The molecule has 0 heterocycles. The van der Waals surface area contributed by atoms with Gasteiger partial charge >= 0.3 is 0 Å². The summed E-state index contributed by atoms with van der Waals surface area (Å²) < 4.78 is 0. The van der Waals surface area contributed by atoms with Crippen molar-refractivity contribution in [3.8, 4) is 0 Å². The van der Waals surface area contributed by atoms with Crippen molar-refractivity contribution in [2.24, 2.45) is 11.8 Å². The molecular weight excluding hydrogens is 174 g/mol. The third kappa shape index (κ3) is 4.12. The molecule has 1 fully saturated rings. The summed E-state index contributed by atoms with van der Waals surface area (Å²) in [6.07, 6.45) is 7.07. The molecule has 1 unspecified atom stereocenters. The highest BCUT2D eigenvalue weighted by Crippen LogP contribution is 2.27. The van der Waals surface area contributed by atoms with Crippen molar-refractivity contribution < 1.29 is 4.79 Å². The summed E-state index contributed by atoms with van der Waals surface area (Å²) in [6.45, 7) is 5.19. The van der Waals surface area contributed by atoms with Crippen LogP contribution >= 0.6 is 0 Å². The van der Waals surface area contributed by atoms with Gasteiger partial charge in [-0.25, -0.2) is 0 Å². The molecule has 0 aromatic heterocycles. The predicted octanol–water partition coefficient (Wildman–Crippen LogP) is 2.73. The molecule has 14 heavy (non-hydrogen) atoms. The summed E-state index contributed by atoms with van der Waals surface area (Å²) in [5.41, 5.74) is 0. The van der Waals surface area contributed by atoms with E-state index in [1.165, 1.54) is 25.7 Å². The Balaban J connectivity index is 2.09. The van der Waals surface area contributed by atoms with Gasteiger partial charge in [-0.2, -0.15) is 0 Å². The van der Waals surface area contributed by atoms with E-state index in [9.17, 15) is 4.79 Å². The maximum atomic E-state index is 11.5. The summed E-state index contributed by atoms with van der Waals surface area (Å²) in [5, 5.41) is 3.02. The van der Waals surface area contributed by atoms with Crippen LogP contribution in [0.15, 0.2) is 0 Å². The van der Waals surface area contributed by atoms with Crippen LogP contribution in [0.3, 0.4) is 0 Å². The second kappa shape index (κ2) is 6.05. The molecule has 0 radical (unpaired) electrons. The van der Waals surface area contributed by atoms with Gasteiger partial charge in [-0.3, -0.25) is 4.79 Å². The Morgan fingerprint density at radius 3 is 2.64 bits per heavy atom. The third-order valence-corrected chi connectivity index (χ3v) is 3.29. The van der Waals surface area contributed by atoms with Crippen LogP contribution in [-0.4, -0.2) is 12.5 Å². The molecule has 0 spiro atoms. The monoisotopic (exact) mass is 197 g/mol. The predicted molar refractivity (Wildman–Crippen MR) is 59.0 cm³/mol. The van der Waals surface area contributed by atoms with E-state index in [0.29, 0.717) is 11.8 Å². The molecule has 1 N–H and O–H groups in total. The quantitative estimate of drug-likeness (QED) is 0.721. The number of nitrogens with one attached hydrogen (secondary N) is 1. The molecule has 1 aliphatic carbocycles. The Kier molecular flexibility index (Phi) is 4.99. The lowest BCUT2D eigenvalue weighted by molar-refractivity contribution is -0.122. The standard InChI is InChI=1S/C12H23NO/c1-3-10(2)9-13-12(14)8-11-6-4-5-7-11/h10-11H,3-9H2,1-2H3,(H,13,14). The second-order valence-electron chi connectivity index (χ2n) is 4.67. The van der Waals surface area contributed by atoms with Gasteiger partial charge in [-0.05, 0) is 24.7 Å². The Morgan fingerprint density at radius 2 is 2.07 bits per heavy atom. The van der Waals surface area contributed by atoms with Crippen LogP contribution in [-0.2, 0) is 4.79 Å². The lowest BCUT2D eigenvalue weighted by Crippen LogP contribution is -2.29. The minimum absolute atomic E-state index is 0.261. The van der Waals surface area contributed by atoms with E-state index in [2.05, 4.69) is 19.2 Å². The minimum atomic E-state index is 0.261. The van der Waals surface area contributed by atoms with Crippen molar-refractivity contribution in [3.05, 3.63) is 0 Å². The Labute approximate surface area is 87.5 Å². The molecule has 1 rings (SSSR count). The largest absolute Gasteiger partial charge is 0.356 e. The van der Waals surface area contributed by atoms with E-state index in [4.69, 9.17) is 0 Å². The van der Waals surface area contributed by atoms with E-state index in [1.807, 2.05) is 0 Å². The summed E-state index contributed by atoms with van der Waals surface area (Å²) in [7, 11) is 0. The van der Waals surface area contributed by atoms with Crippen molar-refractivity contribution >= 4 is 5.91 Å². The lowest BCUT2D eigenvalue weighted by atomic mass is 10.0. The number of rotatable bonds is 5. The van der Waals surface area contributed by atoms with Gasteiger partial charge in [0.2, 0.25) is 5.91 Å². The van der Waals surface area contributed by atoms with Crippen molar-refractivity contribution in [2.75, 3.05) is 6.54 Å². The van der Waals surface area contributed by atoms with Gasteiger partial charge in [0, 0.05) is 13.0 Å². The molecule has 0 saturated heterocycles. The van der Waals surface area contributed by atoms with Gasteiger partial charge in [-0.1, -0.05) is 33.1 Å². The van der Waals surface area contributed by atoms with E-state index < -0.39 is 0 Å². The fourth-order valence-corrected chi connectivity index (χ4v) is 1.98. The zero-order valence-electron chi connectivity index (χ0n) is 9.51. The molecule has 82 valence electrons. The van der Waals surface area contributed by atoms with Crippen LogP contribution in [0.2, 0.25) is 0 Å². The number of carbonyl (C=O) groups excluding carboxylic acids is 1. The van der Waals surface area contributed by atoms with Gasteiger partial charge in [0.25, 0.3) is 0 Å². The summed E-state index contributed by atoms with van der Waals surface area (Å²) >= 11 is 0. The zero-order chi connectivity index (χ0) is 10.4. The number of carbonyl (C=O) groups is 1. The average molecular weight is 197 g/mol. The van der Waals surface area contributed by atoms with Gasteiger partial charge in [-0.15, -0.1) is 0 Å². The zero-order valence-corrected chi connectivity index (χ0v) is 9.51. The third-order valence-electron chi connectivity index (χ3n) is 3.29. The molecule has 0 aliphatic heterocycles. The minimum Gasteiger partial charge on any atom is -0.356 e. The fourth-order valence-electron chi connectivity index (χ4n) is 1.98. The van der Waals surface area contributed by atoms with Crippen LogP contribution in [0.5, 0.6) is 0 Å². The molecule has 2 nitrogen and oxygen atoms in total. The van der Waals surface area contributed by atoms with Gasteiger partial charge in [0.05, 0.1) is 0 Å². The molecule has 1 aliphatic rings. The molecule has 0 aromatic carbocycles. The molecule has 1 amide bonds. The van der Waals surface area contributed by atoms with Crippen LogP contribution in [0, 0.1) is 11.8 Å². The van der Waals surface area contributed by atoms with Gasteiger partial charge < -0.3 is 5.32 Å². The average Bonchev–Trinajstić information content (AvgIpc) is 2.66. The number of amides is 1. The summed E-state index contributed by atoms with van der Waals surface area (Å²) in [4.78, 5) is 11.5. The molecular formula is C12H23NO. The van der Waals surface area contributed by atoms with E-state index in [0.717, 1.165) is 19.4 Å². The van der Waals surface area contributed by atoms with E-state index >= 15 is 0 Å². The van der Waals surface area contributed by atoms with Gasteiger partial charge in [0.15, 0.2) is 0 Å². The van der Waals surface area contributed by atoms with E-state index in [-0.39, 0.29) is 5.91 Å². The first kappa shape index (κ1) is 11.5. The fraction of sp³-hybridized carbons (Fsp3) is 0.917. The molecule has 1 saturated carbocycles. The number of hydrogen-bond acceptors (Lipinski definition) is 1. The first-order valence-electron chi connectivity index (χ1n) is 5.99. The highest BCUT2D eigenvalue weighted by atomic mass is 16.1. The highest BCUT2D eigenvalue weighted by Gasteiger charge is 2.18. The molecule has 0 aromatic rings. The molecule has 0 bridgehead atoms. The normalized spacial score (nSPS) is 19.6. The van der Waals surface area contributed by atoms with Crippen LogP contribution in [0.1, 0.15) is 52.4 Å². The van der Waals surface area contributed by atoms with Crippen molar-refractivity contribution in [2.45, 2.75) is 52.4 Å². The summed E-state index contributed by atoms with van der Waals surface area (Å²) in [5.74, 6) is 1.55. The molecule has 1 atom stereocenters. The number of hydrogen-bond donors (Lipinski definition) is 1. The van der Waals surface area contributed by atoms with Crippen LogP contribution < -0.4 is 5.32 Å².